The molecule has 0 radical (unpaired) electrons. The maximum absolute atomic E-state index is 12.7. The summed E-state index contributed by atoms with van der Waals surface area (Å²) in [5.74, 6) is 1.09. The molecule has 0 saturated carbocycles. The third-order valence-electron chi connectivity index (χ3n) is 5.96. The van der Waals surface area contributed by atoms with Gasteiger partial charge in [-0.1, -0.05) is 11.6 Å². The Morgan fingerprint density at radius 3 is 2.72 bits per heavy atom. The number of benzene rings is 1. The van der Waals surface area contributed by atoms with Crippen molar-refractivity contribution in [1.82, 2.24) is 14.9 Å². The summed E-state index contributed by atoms with van der Waals surface area (Å²) < 4.78 is 5.82. The average molecular weight is 455 g/mol. The van der Waals surface area contributed by atoms with Crippen LogP contribution in [0, 0.1) is 0 Å². The molecule has 2 aromatic rings. The quantitative estimate of drug-likeness (QED) is 0.657. The van der Waals surface area contributed by atoms with Crippen molar-refractivity contribution in [3.8, 4) is 5.75 Å². The van der Waals surface area contributed by atoms with Crippen LogP contribution in [0.4, 0.5) is 17.3 Å². The van der Waals surface area contributed by atoms with Crippen LogP contribution in [-0.2, 0) is 9.59 Å². The van der Waals surface area contributed by atoms with Crippen LogP contribution in [0.15, 0.2) is 29.5 Å². The molecule has 2 amide bonds. The largest absolute Gasteiger partial charge is 0.492 e. The standard InChI is InChI=1S/C22H23ClN6O3/c23-16-5-4-14-11-17(16)32-10-2-1-3-18(30)28-6-8-29(9-7-28)21-19-15(12-24-14)22(31)27-20(19)25-13-26-21/h4-5,11-13,15H,1-3,6-10H2,(H,25,26,27,31). The van der Waals surface area contributed by atoms with Gasteiger partial charge in [-0.15, -0.1) is 0 Å². The minimum Gasteiger partial charge on any atom is -0.492 e. The lowest BCUT2D eigenvalue weighted by Crippen LogP contribution is -2.49. The Balaban J connectivity index is 1.52. The third kappa shape index (κ3) is 4.00. The first kappa shape index (κ1) is 20.7. The molecule has 0 aliphatic carbocycles. The summed E-state index contributed by atoms with van der Waals surface area (Å²) in [5.41, 5.74) is 1.35. The predicted molar refractivity (Wildman–Crippen MR) is 121 cm³/mol. The lowest BCUT2D eigenvalue weighted by Gasteiger charge is -2.36. The number of piperazine rings is 1. The molecular formula is C22H23ClN6O3. The van der Waals surface area contributed by atoms with E-state index in [0.29, 0.717) is 72.9 Å². The number of rotatable bonds is 0. The molecule has 9 nitrogen and oxygen atoms in total. The summed E-state index contributed by atoms with van der Waals surface area (Å²) in [6.45, 7) is 3.00. The van der Waals surface area contributed by atoms with Gasteiger partial charge in [0.05, 0.1) is 22.9 Å². The van der Waals surface area contributed by atoms with Crippen LogP contribution in [0.1, 0.15) is 30.7 Å². The second kappa shape index (κ2) is 8.74. The summed E-state index contributed by atoms with van der Waals surface area (Å²) in [6.07, 6.45) is 5.07. The number of hydrogen-bond donors (Lipinski definition) is 1. The van der Waals surface area contributed by atoms with E-state index in [4.69, 9.17) is 16.3 Å². The highest BCUT2D eigenvalue weighted by atomic mass is 35.5. The van der Waals surface area contributed by atoms with Gasteiger partial charge in [-0.2, -0.15) is 0 Å². The molecule has 1 saturated heterocycles. The molecule has 4 aliphatic heterocycles. The van der Waals surface area contributed by atoms with Crippen LogP contribution in [0.25, 0.3) is 0 Å². The molecule has 1 aromatic heterocycles. The number of halogens is 1. The fourth-order valence-electron chi connectivity index (χ4n) is 4.22. The Bertz CT molecular complexity index is 1080. The number of aromatic nitrogens is 2. The summed E-state index contributed by atoms with van der Waals surface area (Å²) in [5, 5.41) is 3.32. The normalized spacial score (nSPS) is 21.0. The first-order chi connectivity index (χ1) is 15.6. The maximum Gasteiger partial charge on any atom is 0.238 e. The molecule has 1 N–H and O–H groups in total. The van der Waals surface area contributed by atoms with Crippen molar-refractivity contribution < 1.29 is 14.3 Å². The number of hydrogen-bond acceptors (Lipinski definition) is 7. The van der Waals surface area contributed by atoms with Gasteiger partial charge in [-0.05, 0) is 25.0 Å². The van der Waals surface area contributed by atoms with Crippen molar-refractivity contribution in [1.29, 1.82) is 0 Å². The first-order valence-electron chi connectivity index (χ1n) is 10.7. The average Bonchev–Trinajstić information content (AvgIpc) is 3.13. The third-order valence-corrected chi connectivity index (χ3v) is 6.27. The van der Waals surface area contributed by atoms with E-state index in [9.17, 15) is 9.59 Å². The number of aliphatic imine (C=N–C) groups is 1. The van der Waals surface area contributed by atoms with Gasteiger partial charge in [0, 0.05) is 44.9 Å². The SMILES string of the molecule is O=C1Nc2ncnc3c2C1C=Nc1ccc(Cl)c(c1)OCCCCC(=O)N1CCN3CC1. The highest BCUT2D eigenvalue weighted by Gasteiger charge is 2.36. The number of ether oxygens (including phenoxy) is 1. The number of nitrogens with one attached hydrogen (secondary N) is 1. The van der Waals surface area contributed by atoms with Crippen molar-refractivity contribution in [3.63, 3.8) is 0 Å². The summed E-state index contributed by atoms with van der Waals surface area (Å²) in [6, 6.07) is 5.25. The molecule has 166 valence electrons. The monoisotopic (exact) mass is 454 g/mol. The molecule has 1 aromatic carbocycles. The zero-order valence-electron chi connectivity index (χ0n) is 17.5. The summed E-state index contributed by atoms with van der Waals surface area (Å²) >= 11 is 6.27. The van der Waals surface area contributed by atoms with E-state index in [-0.39, 0.29) is 11.8 Å². The Hall–Kier alpha value is -3.20. The number of carbonyl (C=O) groups is 2. The lowest BCUT2D eigenvalue weighted by molar-refractivity contribution is -0.131. The minimum atomic E-state index is -0.611. The molecule has 10 heteroatoms. The molecule has 4 aliphatic rings. The molecule has 32 heavy (non-hydrogen) atoms. The van der Waals surface area contributed by atoms with E-state index < -0.39 is 5.92 Å². The fourth-order valence-corrected chi connectivity index (χ4v) is 4.39. The number of amides is 2. The topological polar surface area (TPSA) is 100 Å². The zero-order valence-corrected chi connectivity index (χ0v) is 18.2. The molecule has 1 atom stereocenters. The Morgan fingerprint density at radius 2 is 1.88 bits per heavy atom. The summed E-state index contributed by atoms with van der Waals surface area (Å²) in [4.78, 5) is 42.6. The van der Waals surface area contributed by atoms with Crippen molar-refractivity contribution in [2.75, 3.05) is 43.0 Å². The van der Waals surface area contributed by atoms with Crippen LogP contribution in [0.3, 0.4) is 0 Å². The number of carbonyl (C=O) groups excluding carboxylic acids is 2. The predicted octanol–water partition coefficient (Wildman–Crippen LogP) is 2.78. The van der Waals surface area contributed by atoms with E-state index in [1.807, 2.05) is 4.90 Å². The maximum atomic E-state index is 12.7. The van der Waals surface area contributed by atoms with E-state index in [0.717, 1.165) is 12.8 Å². The van der Waals surface area contributed by atoms with Gasteiger partial charge in [0.2, 0.25) is 11.8 Å². The van der Waals surface area contributed by atoms with E-state index in [1.165, 1.54) is 6.33 Å². The zero-order chi connectivity index (χ0) is 22.1. The second-order valence-electron chi connectivity index (χ2n) is 7.99. The highest BCUT2D eigenvalue weighted by molar-refractivity contribution is 6.32. The molecular weight excluding hydrogens is 432 g/mol. The van der Waals surface area contributed by atoms with Gasteiger partial charge in [-0.25, -0.2) is 9.97 Å². The second-order valence-corrected chi connectivity index (χ2v) is 8.40. The summed E-state index contributed by atoms with van der Waals surface area (Å²) in [7, 11) is 0. The van der Waals surface area contributed by atoms with E-state index >= 15 is 0 Å². The van der Waals surface area contributed by atoms with Gasteiger partial charge in [-0.3, -0.25) is 14.6 Å². The first-order valence-corrected chi connectivity index (χ1v) is 11.1. The van der Waals surface area contributed by atoms with Crippen molar-refractivity contribution in [2.45, 2.75) is 25.2 Å². The lowest BCUT2D eigenvalue weighted by atomic mass is 10.0. The smallest absolute Gasteiger partial charge is 0.238 e. The molecule has 4 bridgehead atoms. The fraction of sp³-hybridized carbons (Fsp3) is 0.409. The van der Waals surface area contributed by atoms with Gasteiger partial charge in [0.15, 0.2) is 0 Å². The van der Waals surface area contributed by atoms with Gasteiger partial charge in [0.1, 0.15) is 29.6 Å². The van der Waals surface area contributed by atoms with Crippen molar-refractivity contribution in [3.05, 3.63) is 35.1 Å². The van der Waals surface area contributed by atoms with Crippen LogP contribution in [0.2, 0.25) is 5.02 Å². The molecule has 1 unspecified atom stereocenters. The number of fused-ring (bicyclic) bond motifs is 7. The molecule has 5 heterocycles. The van der Waals surface area contributed by atoms with Crippen LogP contribution < -0.4 is 15.0 Å². The number of nitrogens with zero attached hydrogens (tertiary/aromatic N) is 5. The molecule has 1 fully saturated rings. The minimum absolute atomic E-state index is 0.153. The van der Waals surface area contributed by atoms with Crippen molar-refractivity contribution in [2.24, 2.45) is 4.99 Å². The van der Waals surface area contributed by atoms with Crippen LogP contribution in [0.5, 0.6) is 5.75 Å². The van der Waals surface area contributed by atoms with Gasteiger partial charge in [0.25, 0.3) is 0 Å². The van der Waals surface area contributed by atoms with E-state index in [2.05, 4.69) is 25.2 Å². The van der Waals surface area contributed by atoms with E-state index in [1.54, 1.807) is 24.4 Å². The van der Waals surface area contributed by atoms with Crippen LogP contribution >= 0.6 is 11.6 Å². The van der Waals surface area contributed by atoms with Crippen LogP contribution in [-0.4, -0.2) is 65.7 Å². The molecule has 6 rings (SSSR count). The highest BCUT2D eigenvalue weighted by Crippen LogP contribution is 2.37. The van der Waals surface area contributed by atoms with Crippen molar-refractivity contribution >= 4 is 47.0 Å². The van der Waals surface area contributed by atoms with Gasteiger partial charge >= 0.3 is 0 Å². The van der Waals surface area contributed by atoms with Gasteiger partial charge < -0.3 is 19.9 Å². The Morgan fingerprint density at radius 1 is 1.06 bits per heavy atom. The Labute approximate surface area is 190 Å². The Kier molecular flexibility index (Phi) is 5.65. The number of anilines is 2. The molecule has 0 spiro atoms.